The summed E-state index contributed by atoms with van der Waals surface area (Å²) >= 11 is 0. The van der Waals surface area contributed by atoms with Crippen LogP contribution in [0.5, 0.6) is 5.75 Å². The van der Waals surface area contributed by atoms with E-state index in [9.17, 15) is 4.79 Å². The summed E-state index contributed by atoms with van der Waals surface area (Å²) in [5.74, 6) is 1.15. The highest BCUT2D eigenvalue weighted by Crippen LogP contribution is 2.17. The summed E-state index contributed by atoms with van der Waals surface area (Å²) in [7, 11) is 1.69. The molecule has 0 fully saturated rings. The van der Waals surface area contributed by atoms with Crippen molar-refractivity contribution in [2.45, 2.75) is 26.7 Å². The van der Waals surface area contributed by atoms with Crippen LogP contribution in [-0.4, -0.2) is 44.1 Å². The number of hydrogen-bond acceptors (Lipinski definition) is 3. The standard InChI is InChI=1S/C16H26N2O2/c1-4-18(5-2)16(19)11-13-17-12-10-14-8-6-7-9-15(14)20-3/h6-9,17H,4-5,10-13H2,1-3H3. The summed E-state index contributed by atoms with van der Waals surface area (Å²) in [4.78, 5) is 13.7. The molecule has 0 atom stereocenters. The van der Waals surface area contributed by atoms with E-state index in [0.29, 0.717) is 6.42 Å². The predicted octanol–water partition coefficient (Wildman–Crippen LogP) is 2.09. The van der Waals surface area contributed by atoms with Crippen LogP contribution in [-0.2, 0) is 11.2 Å². The largest absolute Gasteiger partial charge is 0.496 e. The van der Waals surface area contributed by atoms with Gasteiger partial charge < -0.3 is 15.0 Å². The van der Waals surface area contributed by atoms with Crippen LogP contribution in [0.25, 0.3) is 0 Å². The van der Waals surface area contributed by atoms with Gasteiger partial charge in [-0.1, -0.05) is 18.2 Å². The minimum atomic E-state index is 0.222. The van der Waals surface area contributed by atoms with E-state index in [-0.39, 0.29) is 5.91 Å². The highest BCUT2D eigenvalue weighted by atomic mass is 16.5. The Morgan fingerprint density at radius 3 is 2.55 bits per heavy atom. The van der Waals surface area contributed by atoms with E-state index in [1.165, 1.54) is 5.56 Å². The number of carbonyl (C=O) groups excluding carboxylic acids is 1. The Hall–Kier alpha value is -1.55. The topological polar surface area (TPSA) is 41.6 Å². The lowest BCUT2D eigenvalue weighted by atomic mass is 10.1. The van der Waals surface area contributed by atoms with Gasteiger partial charge >= 0.3 is 0 Å². The fourth-order valence-corrected chi connectivity index (χ4v) is 2.19. The van der Waals surface area contributed by atoms with Crippen LogP contribution in [0.3, 0.4) is 0 Å². The maximum atomic E-state index is 11.8. The Kier molecular flexibility index (Phi) is 7.73. The van der Waals surface area contributed by atoms with Gasteiger partial charge in [0.05, 0.1) is 7.11 Å². The van der Waals surface area contributed by atoms with Gasteiger partial charge in [-0.2, -0.15) is 0 Å². The number of ether oxygens (including phenoxy) is 1. The minimum absolute atomic E-state index is 0.222. The van der Waals surface area contributed by atoms with Crippen LogP contribution < -0.4 is 10.1 Å². The maximum absolute atomic E-state index is 11.8. The van der Waals surface area contributed by atoms with Crippen molar-refractivity contribution in [2.24, 2.45) is 0 Å². The fourth-order valence-electron chi connectivity index (χ4n) is 2.19. The van der Waals surface area contributed by atoms with Crippen LogP contribution in [0, 0.1) is 0 Å². The number of nitrogens with one attached hydrogen (secondary N) is 1. The van der Waals surface area contributed by atoms with Gasteiger partial charge in [0, 0.05) is 26.1 Å². The number of benzene rings is 1. The minimum Gasteiger partial charge on any atom is -0.496 e. The molecule has 0 bridgehead atoms. The molecule has 0 spiro atoms. The van der Waals surface area contributed by atoms with Crippen molar-refractivity contribution < 1.29 is 9.53 Å². The first-order valence-corrected chi connectivity index (χ1v) is 7.33. The Morgan fingerprint density at radius 1 is 1.20 bits per heavy atom. The molecule has 112 valence electrons. The zero-order valence-electron chi connectivity index (χ0n) is 12.8. The summed E-state index contributed by atoms with van der Waals surface area (Å²) in [6.45, 7) is 7.18. The number of rotatable bonds is 9. The first-order valence-electron chi connectivity index (χ1n) is 7.33. The van der Waals surface area contributed by atoms with E-state index < -0.39 is 0 Å². The molecule has 1 aromatic carbocycles. The Balaban J connectivity index is 2.24. The molecular formula is C16H26N2O2. The molecule has 0 aliphatic carbocycles. The molecule has 0 saturated heterocycles. The highest BCUT2D eigenvalue weighted by Gasteiger charge is 2.08. The second-order valence-electron chi connectivity index (χ2n) is 4.63. The number of nitrogens with zero attached hydrogens (tertiary/aromatic N) is 1. The van der Waals surface area contributed by atoms with Crippen molar-refractivity contribution in [3.8, 4) is 5.75 Å². The predicted molar refractivity (Wildman–Crippen MR) is 82.1 cm³/mol. The fraction of sp³-hybridized carbons (Fsp3) is 0.562. The molecule has 4 nitrogen and oxygen atoms in total. The second kappa shape index (κ2) is 9.37. The van der Waals surface area contributed by atoms with Gasteiger partial charge in [0.1, 0.15) is 5.75 Å². The molecule has 1 N–H and O–H groups in total. The summed E-state index contributed by atoms with van der Waals surface area (Å²) in [6, 6.07) is 8.03. The maximum Gasteiger partial charge on any atom is 0.223 e. The van der Waals surface area contributed by atoms with E-state index in [2.05, 4.69) is 11.4 Å². The van der Waals surface area contributed by atoms with Crippen LogP contribution in [0.4, 0.5) is 0 Å². The Labute approximate surface area is 122 Å². The van der Waals surface area contributed by atoms with E-state index in [1.807, 2.05) is 36.9 Å². The smallest absolute Gasteiger partial charge is 0.223 e. The van der Waals surface area contributed by atoms with Crippen molar-refractivity contribution in [3.05, 3.63) is 29.8 Å². The third-order valence-corrected chi connectivity index (χ3v) is 3.40. The Morgan fingerprint density at radius 2 is 1.90 bits per heavy atom. The summed E-state index contributed by atoms with van der Waals surface area (Å²) < 4.78 is 5.31. The number of hydrogen-bond donors (Lipinski definition) is 1. The molecule has 20 heavy (non-hydrogen) atoms. The zero-order chi connectivity index (χ0) is 14.8. The molecule has 0 aromatic heterocycles. The number of methoxy groups -OCH3 is 1. The van der Waals surface area contributed by atoms with E-state index in [1.54, 1.807) is 7.11 Å². The van der Waals surface area contributed by atoms with Gasteiger partial charge in [-0.05, 0) is 38.4 Å². The molecule has 0 radical (unpaired) electrons. The zero-order valence-corrected chi connectivity index (χ0v) is 12.8. The summed E-state index contributed by atoms with van der Waals surface area (Å²) in [5.41, 5.74) is 1.19. The average molecular weight is 278 g/mol. The van der Waals surface area contributed by atoms with Gasteiger partial charge in [-0.3, -0.25) is 4.79 Å². The SMILES string of the molecule is CCN(CC)C(=O)CCNCCc1ccccc1OC. The molecule has 0 aliphatic rings. The van der Waals surface area contributed by atoms with Gasteiger partial charge in [-0.15, -0.1) is 0 Å². The van der Waals surface area contributed by atoms with Crippen LogP contribution in [0.2, 0.25) is 0 Å². The molecule has 1 rings (SSSR count). The van der Waals surface area contributed by atoms with Crippen molar-refractivity contribution in [3.63, 3.8) is 0 Å². The number of amides is 1. The third-order valence-electron chi connectivity index (χ3n) is 3.40. The van der Waals surface area contributed by atoms with Crippen LogP contribution in [0.1, 0.15) is 25.8 Å². The lowest BCUT2D eigenvalue weighted by Gasteiger charge is -2.18. The van der Waals surface area contributed by atoms with Gasteiger partial charge in [-0.25, -0.2) is 0 Å². The van der Waals surface area contributed by atoms with E-state index in [4.69, 9.17) is 4.74 Å². The molecular weight excluding hydrogens is 252 g/mol. The van der Waals surface area contributed by atoms with Gasteiger partial charge in [0.25, 0.3) is 0 Å². The quantitative estimate of drug-likeness (QED) is 0.703. The highest BCUT2D eigenvalue weighted by molar-refractivity contribution is 5.76. The third kappa shape index (κ3) is 5.21. The Bertz CT molecular complexity index is 403. The van der Waals surface area contributed by atoms with Gasteiger partial charge in [0.15, 0.2) is 0 Å². The first-order chi connectivity index (χ1) is 9.72. The molecule has 0 unspecified atom stereocenters. The molecule has 4 heteroatoms. The van der Waals surface area contributed by atoms with E-state index >= 15 is 0 Å². The van der Waals surface area contributed by atoms with Crippen molar-refractivity contribution in [1.82, 2.24) is 10.2 Å². The van der Waals surface area contributed by atoms with E-state index in [0.717, 1.165) is 38.3 Å². The van der Waals surface area contributed by atoms with Crippen molar-refractivity contribution >= 4 is 5.91 Å². The monoisotopic (exact) mass is 278 g/mol. The van der Waals surface area contributed by atoms with Crippen LogP contribution >= 0.6 is 0 Å². The lowest BCUT2D eigenvalue weighted by molar-refractivity contribution is -0.130. The molecule has 0 aliphatic heterocycles. The summed E-state index contributed by atoms with van der Waals surface area (Å²) in [6.07, 6.45) is 1.47. The second-order valence-corrected chi connectivity index (χ2v) is 4.63. The summed E-state index contributed by atoms with van der Waals surface area (Å²) in [5, 5.41) is 3.32. The average Bonchev–Trinajstić information content (AvgIpc) is 2.48. The molecule has 1 aromatic rings. The molecule has 0 saturated carbocycles. The normalized spacial score (nSPS) is 10.3. The molecule has 0 heterocycles. The molecule has 1 amide bonds. The van der Waals surface area contributed by atoms with Crippen LogP contribution in [0.15, 0.2) is 24.3 Å². The van der Waals surface area contributed by atoms with Crippen molar-refractivity contribution in [1.29, 1.82) is 0 Å². The van der Waals surface area contributed by atoms with Gasteiger partial charge in [0.2, 0.25) is 5.91 Å². The number of carbonyl (C=O) groups is 1. The first kappa shape index (κ1) is 16.5. The van der Waals surface area contributed by atoms with Crippen molar-refractivity contribution in [2.75, 3.05) is 33.3 Å². The number of para-hydroxylation sites is 1. The lowest BCUT2D eigenvalue weighted by Crippen LogP contribution is -2.33.